The molecule has 1 N–H and O–H groups in total. The highest BCUT2D eigenvalue weighted by Crippen LogP contribution is 2.30. The summed E-state index contributed by atoms with van der Waals surface area (Å²) in [4.78, 5) is 12.5. The lowest BCUT2D eigenvalue weighted by molar-refractivity contribution is 0.0544. The number of H-pyrrole nitrogens is 1. The van der Waals surface area contributed by atoms with Gasteiger partial charge in [0, 0.05) is 17.1 Å². The average molecular weight is 323 g/mol. The van der Waals surface area contributed by atoms with Gasteiger partial charge in [-0.3, -0.25) is 9.67 Å². The van der Waals surface area contributed by atoms with E-state index in [1.54, 1.807) is 10.8 Å². The Balaban J connectivity index is 2.11. The number of rotatable bonds is 2. The van der Waals surface area contributed by atoms with Gasteiger partial charge in [-0.2, -0.15) is 5.10 Å². The zero-order chi connectivity index (χ0) is 17.3. The van der Waals surface area contributed by atoms with Crippen molar-refractivity contribution in [3.8, 4) is 11.3 Å². The number of nitrogens with zero attached hydrogens (tertiary/aromatic N) is 2. The standard InChI is InChI=1S/C19H21N3O2/c1-5-8-13-11-16(21-20-13)15-12-22(18(23)24-19(2,3)4)17-10-7-6-9-14(15)17/h5-12H,1-4H3,(H,20,21)/b8-5-. The van der Waals surface area contributed by atoms with Crippen LogP contribution in [0.4, 0.5) is 4.79 Å². The van der Waals surface area contributed by atoms with Crippen molar-refractivity contribution in [2.45, 2.75) is 33.3 Å². The van der Waals surface area contributed by atoms with Crippen LogP contribution >= 0.6 is 0 Å². The predicted octanol–water partition coefficient (Wildman–Crippen LogP) is 4.85. The molecule has 0 aliphatic heterocycles. The molecule has 2 heterocycles. The van der Waals surface area contributed by atoms with Crippen LogP contribution in [0.3, 0.4) is 0 Å². The third-order valence-electron chi connectivity index (χ3n) is 3.52. The summed E-state index contributed by atoms with van der Waals surface area (Å²) in [6, 6.07) is 9.70. The summed E-state index contributed by atoms with van der Waals surface area (Å²) in [5.41, 5.74) is 2.86. The molecule has 0 fully saturated rings. The summed E-state index contributed by atoms with van der Waals surface area (Å²) in [7, 11) is 0. The van der Waals surface area contributed by atoms with Gasteiger partial charge in [-0.05, 0) is 45.9 Å². The second-order valence-electron chi connectivity index (χ2n) is 6.62. The molecule has 0 amide bonds. The van der Waals surface area contributed by atoms with Crippen LogP contribution in [0, 0.1) is 0 Å². The average Bonchev–Trinajstić information content (AvgIpc) is 3.10. The molecule has 2 aromatic heterocycles. The molecule has 3 aromatic rings. The zero-order valence-electron chi connectivity index (χ0n) is 14.3. The van der Waals surface area contributed by atoms with Gasteiger partial charge in [0.25, 0.3) is 0 Å². The Kier molecular flexibility index (Phi) is 4.01. The molecule has 1 aromatic carbocycles. The highest BCUT2D eigenvalue weighted by atomic mass is 16.6. The van der Waals surface area contributed by atoms with E-state index in [9.17, 15) is 4.79 Å². The maximum atomic E-state index is 12.5. The molecule has 124 valence electrons. The fourth-order valence-electron chi connectivity index (χ4n) is 2.59. The molecule has 5 nitrogen and oxygen atoms in total. The van der Waals surface area contributed by atoms with Gasteiger partial charge in [0.2, 0.25) is 0 Å². The molecular weight excluding hydrogens is 302 g/mol. The zero-order valence-corrected chi connectivity index (χ0v) is 14.3. The monoisotopic (exact) mass is 323 g/mol. The van der Waals surface area contributed by atoms with E-state index in [0.29, 0.717) is 0 Å². The first-order valence-electron chi connectivity index (χ1n) is 7.91. The van der Waals surface area contributed by atoms with Crippen molar-refractivity contribution in [2.75, 3.05) is 0 Å². The number of benzene rings is 1. The molecule has 24 heavy (non-hydrogen) atoms. The number of hydrogen-bond donors (Lipinski definition) is 1. The molecule has 0 saturated heterocycles. The van der Waals surface area contributed by atoms with Crippen molar-refractivity contribution in [1.82, 2.24) is 14.8 Å². The predicted molar refractivity (Wildman–Crippen MR) is 95.9 cm³/mol. The lowest BCUT2D eigenvalue weighted by Gasteiger charge is -2.19. The van der Waals surface area contributed by atoms with E-state index in [1.165, 1.54) is 0 Å². The fraction of sp³-hybridized carbons (Fsp3) is 0.263. The number of fused-ring (bicyclic) bond motifs is 1. The Morgan fingerprint density at radius 3 is 2.75 bits per heavy atom. The maximum Gasteiger partial charge on any atom is 0.419 e. The third-order valence-corrected chi connectivity index (χ3v) is 3.52. The van der Waals surface area contributed by atoms with Crippen LogP contribution in [0.5, 0.6) is 0 Å². The topological polar surface area (TPSA) is 59.9 Å². The van der Waals surface area contributed by atoms with Gasteiger partial charge in [0.15, 0.2) is 0 Å². The molecule has 0 bridgehead atoms. The minimum atomic E-state index is -0.548. The SMILES string of the molecule is C/C=C\c1cc(-c2cn(C(=O)OC(C)(C)C)c3ccccc23)n[nH]1. The summed E-state index contributed by atoms with van der Waals surface area (Å²) in [5, 5.41) is 8.31. The van der Waals surface area contributed by atoms with E-state index >= 15 is 0 Å². The quantitative estimate of drug-likeness (QED) is 0.733. The number of hydrogen-bond acceptors (Lipinski definition) is 3. The van der Waals surface area contributed by atoms with E-state index in [1.807, 2.05) is 70.2 Å². The van der Waals surface area contributed by atoms with E-state index in [-0.39, 0.29) is 0 Å². The van der Waals surface area contributed by atoms with Crippen molar-refractivity contribution >= 4 is 23.1 Å². The highest BCUT2D eigenvalue weighted by molar-refractivity contribution is 6.00. The molecule has 0 saturated carbocycles. The first kappa shape index (κ1) is 16.1. The minimum Gasteiger partial charge on any atom is -0.443 e. The number of carbonyl (C=O) groups excluding carboxylic acids is 1. The fourth-order valence-corrected chi connectivity index (χ4v) is 2.59. The van der Waals surface area contributed by atoms with Crippen LogP contribution < -0.4 is 0 Å². The van der Waals surface area contributed by atoms with Crippen LogP contribution in [-0.2, 0) is 4.74 Å². The second kappa shape index (κ2) is 6.00. The number of para-hydroxylation sites is 1. The normalized spacial score (nSPS) is 12.2. The highest BCUT2D eigenvalue weighted by Gasteiger charge is 2.21. The molecule has 0 unspecified atom stereocenters. The maximum absolute atomic E-state index is 12.5. The van der Waals surface area contributed by atoms with Gasteiger partial charge in [-0.25, -0.2) is 4.79 Å². The Hall–Kier alpha value is -2.82. The van der Waals surface area contributed by atoms with Gasteiger partial charge in [0.05, 0.1) is 16.9 Å². The molecule has 0 aliphatic carbocycles. The number of ether oxygens (including phenoxy) is 1. The molecule has 0 aliphatic rings. The summed E-state index contributed by atoms with van der Waals surface area (Å²) >= 11 is 0. The van der Waals surface area contributed by atoms with Crippen LogP contribution in [0.2, 0.25) is 0 Å². The van der Waals surface area contributed by atoms with Gasteiger partial charge in [0.1, 0.15) is 5.60 Å². The van der Waals surface area contributed by atoms with Crippen LogP contribution in [0.1, 0.15) is 33.4 Å². The Labute approximate surface area is 140 Å². The largest absolute Gasteiger partial charge is 0.443 e. The number of aromatic nitrogens is 3. The number of carbonyl (C=O) groups is 1. The Bertz CT molecular complexity index is 910. The van der Waals surface area contributed by atoms with Crippen LogP contribution in [0.25, 0.3) is 28.2 Å². The van der Waals surface area contributed by atoms with E-state index in [4.69, 9.17) is 4.74 Å². The summed E-state index contributed by atoms with van der Waals surface area (Å²) < 4.78 is 7.05. The van der Waals surface area contributed by atoms with Crippen molar-refractivity contribution in [2.24, 2.45) is 0 Å². The van der Waals surface area contributed by atoms with E-state index < -0.39 is 11.7 Å². The molecule has 3 rings (SSSR count). The molecular formula is C19H21N3O2. The van der Waals surface area contributed by atoms with Crippen LogP contribution in [-0.4, -0.2) is 26.5 Å². The van der Waals surface area contributed by atoms with Crippen molar-refractivity contribution in [3.05, 3.63) is 48.3 Å². The lowest BCUT2D eigenvalue weighted by atomic mass is 10.1. The van der Waals surface area contributed by atoms with Gasteiger partial charge in [-0.1, -0.05) is 24.3 Å². The lowest BCUT2D eigenvalue weighted by Crippen LogP contribution is -2.26. The Morgan fingerprint density at radius 2 is 2.04 bits per heavy atom. The third kappa shape index (κ3) is 3.11. The number of nitrogens with one attached hydrogen (secondary N) is 1. The van der Waals surface area contributed by atoms with Crippen molar-refractivity contribution in [1.29, 1.82) is 0 Å². The van der Waals surface area contributed by atoms with Gasteiger partial charge in [-0.15, -0.1) is 0 Å². The summed E-state index contributed by atoms with van der Waals surface area (Å²) in [5.74, 6) is 0. The molecule has 0 radical (unpaired) electrons. The van der Waals surface area contributed by atoms with E-state index in [0.717, 1.165) is 27.9 Å². The molecule has 5 heteroatoms. The van der Waals surface area contributed by atoms with Crippen molar-refractivity contribution < 1.29 is 9.53 Å². The number of allylic oxidation sites excluding steroid dienone is 1. The first-order chi connectivity index (χ1) is 11.4. The second-order valence-corrected chi connectivity index (χ2v) is 6.62. The summed E-state index contributed by atoms with van der Waals surface area (Å²) in [6.45, 7) is 7.52. The molecule has 0 spiro atoms. The smallest absolute Gasteiger partial charge is 0.419 e. The number of aromatic amines is 1. The van der Waals surface area contributed by atoms with Gasteiger partial charge < -0.3 is 4.74 Å². The summed E-state index contributed by atoms with van der Waals surface area (Å²) in [6.07, 6.45) is 5.29. The van der Waals surface area contributed by atoms with Gasteiger partial charge >= 0.3 is 6.09 Å². The minimum absolute atomic E-state index is 0.394. The van der Waals surface area contributed by atoms with Crippen LogP contribution in [0.15, 0.2) is 42.6 Å². The first-order valence-corrected chi connectivity index (χ1v) is 7.91. The molecule has 0 atom stereocenters. The van der Waals surface area contributed by atoms with E-state index in [2.05, 4.69) is 10.2 Å². The Morgan fingerprint density at radius 1 is 1.29 bits per heavy atom. The van der Waals surface area contributed by atoms with Crippen molar-refractivity contribution in [3.63, 3.8) is 0 Å².